The summed E-state index contributed by atoms with van der Waals surface area (Å²) < 4.78 is 5.35. The van der Waals surface area contributed by atoms with E-state index in [1.807, 2.05) is 18.3 Å². The summed E-state index contributed by atoms with van der Waals surface area (Å²) in [6.07, 6.45) is 6.21. The summed E-state index contributed by atoms with van der Waals surface area (Å²) in [7, 11) is 1.50. The Hall–Kier alpha value is -3.48. The maximum Gasteiger partial charge on any atom is 0.323 e. The first-order chi connectivity index (χ1) is 17.2. The fraction of sp³-hybridized carbons (Fsp3) is 0.310. The van der Waals surface area contributed by atoms with Crippen LogP contribution in [-0.4, -0.2) is 40.0 Å². The van der Waals surface area contributed by atoms with Gasteiger partial charge in [-0.15, -0.1) is 0 Å². The highest BCUT2D eigenvalue weighted by atomic mass is 16.5. The number of esters is 1. The van der Waals surface area contributed by atoms with Gasteiger partial charge >= 0.3 is 5.97 Å². The molecule has 2 aliphatic heterocycles. The monoisotopic (exact) mass is 466 g/mol. The second-order valence-corrected chi connectivity index (χ2v) is 9.61. The van der Waals surface area contributed by atoms with Gasteiger partial charge in [0.2, 0.25) is 0 Å². The number of ether oxygens (including phenoxy) is 1. The molecule has 1 saturated heterocycles. The van der Waals surface area contributed by atoms with Crippen LogP contribution in [0.1, 0.15) is 47.3 Å². The summed E-state index contributed by atoms with van der Waals surface area (Å²) >= 11 is 0. The van der Waals surface area contributed by atoms with Crippen molar-refractivity contribution in [3.63, 3.8) is 0 Å². The van der Waals surface area contributed by atoms with Gasteiger partial charge in [-0.05, 0) is 41.7 Å². The van der Waals surface area contributed by atoms with E-state index in [0.717, 1.165) is 24.9 Å². The molecule has 0 unspecified atom stereocenters. The normalized spacial score (nSPS) is 24.0. The summed E-state index contributed by atoms with van der Waals surface area (Å²) in [6.45, 7) is 0.771. The molecule has 2 N–H and O–H groups in total. The molecule has 178 valence electrons. The van der Waals surface area contributed by atoms with E-state index in [1.165, 1.54) is 34.9 Å². The lowest BCUT2D eigenvalue weighted by molar-refractivity contribution is -0.152. The summed E-state index contributed by atoms with van der Waals surface area (Å²) in [5.41, 5.74) is 6.02. The fourth-order valence-corrected chi connectivity index (χ4v) is 6.08. The van der Waals surface area contributed by atoms with Crippen LogP contribution in [0.2, 0.25) is 0 Å². The quantitative estimate of drug-likeness (QED) is 0.418. The minimum absolute atomic E-state index is 0.0839. The number of nitrogens with zero attached hydrogens (tertiary/aromatic N) is 2. The zero-order chi connectivity index (χ0) is 23.8. The van der Waals surface area contributed by atoms with E-state index in [1.54, 1.807) is 6.20 Å². The van der Waals surface area contributed by atoms with Gasteiger partial charge < -0.3 is 15.0 Å². The average Bonchev–Trinajstić information content (AvgIpc) is 3.30. The molecule has 2 aliphatic rings. The SMILES string of the molecule is COC(=O)[C@@H]1Cc2c([nH]c3ccccc23)[C@H]2C[C@H](NCc3cccnc3)C[C@@H](c3ccccc3)N21. The van der Waals surface area contributed by atoms with E-state index in [0.29, 0.717) is 6.42 Å². The number of rotatable bonds is 5. The number of carbonyl (C=O) groups excluding carboxylic acids is 1. The molecule has 0 spiro atoms. The molecule has 0 bridgehead atoms. The first-order valence-corrected chi connectivity index (χ1v) is 12.3. The van der Waals surface area contributed by atoms with Crippen molar-refractivity contribution in [3.8, 4) is 0 Å². The van der Waals surface area contributed by atoms with E-state index in [2.05, 4.69) is 74.8 Å². The van der Waals surface area contributed by atoms with Gasteiger partial charge in [0, 0.05) is 54.0 Å². The molecule has 2 aromatic carbocycles. The van der Waals surface area contributed by atoms with E-state index in [-0.39, 0.29) is 30.1 Å². The number of para-hydroxylation sites is 1. The molecule has 0 amide bonds. The molecule has 4 heterocycles. The average molecular weight is 467 g/mol. The number of carbonyl (C=O) groups is 1. The Morgan fingerprint density at radius 1 is 1.06 bits per heavy atom. The third-order valence-electron chi connectivity index (χ3n) is 7.65. The smallest absolute Gasteiger partial charge is 0.323 e. The zero-order valence-electron chi connectivity index (χ0n) is 19.9. The Balaban J connectivity index is 1.42. The summed E-state index contributed by atoms with van der Waals surface area (Å²) in [6, 6.07) is 23.2. The third-order valence-corrected chi connectivity index (χ3v) is 7.65. The number of fused-ring (bicyclic) bond motifs is 5. The van der Waals surface area contributed by atoms with Gasteiger partial charge in [0.1, 0.15) is 6.04 Å². The Kier molecular flexibility index (Phi) is 5.84. The number of nitrogens with one attached hydrogen (secondary N) is 2. The minimum Gasteiger partial charge on any atom is -0.468 e. The van der Waals surface area contributed by atoms with Crippen LogP contribution in [0.4, 0.5) is 0 Å². The van der Waals surface area contributed by atoms with Gasteiger partial charge in [-0.3, -0.25) is 14.7 Å². The number of methoxy groups -OCH3 is 1. The Morgan fingerprint density at radius 3 is 2.66 bits per heavy atom. The Labute approximate surface area is 205 Å². The lowest BCUT2D eigenvalue weighted by Gasteiger charge is -2.50. The molecule has 2 aromatic heterocycles. The van der Waals surface area contributed by atoms with Crippen molar-refractivity contribution in [2.75, 3.05) is 7.11 Å². The minimum atomic E-state index is -0.318. The van der Waals surface area contributed by atoms with Gasteiger partial charge in [0.25, 0.3) is 0 Å². The molecule has 35 heavy (non-hydrogen) atoms. The van der Waals surface area contributed by atoms with Gasteiger partial charge in [0.15, 0.2) is 0 Å². The summed E-state index contributed by atoms with van der Waals surface area (Å²) in [5.74, 6) is -0.159. The Bertz CT molecular complexity index is 1320. The van der Waals surface area contributed by atoms with E-state index >= 15 is 0 Å². The number of H-pyrrole nitrogens is 1. The standard InChI is InChI=1S/C29H30N4O2/c1-35-29(34)27-16-23-22-11-5-6-12-24(22)32-28(23)26-15-21(31-18-19-8-7-13-30-17-19)14-25(33(26)27)20-9-3-2-4-10-20/h2-13,17,21,25-27,31-32H,14-16,18H2,1H3/t21-,25+,26-,27+/m1/s1. The molecule has 4 aromatic rings. The van der Waals surface area contributed by atoms with Crippen molar-refractivity contribution < 1.29 is 9.53 Å². The van der Waals surface area contributed by atoms with Crippen molar-refractivity contribution in [2.24, 2.45) is 0 Å². The molecule has 4 atom stereocenters. The van der Waals surface area contributed by atoms with Crippen LogP contribution in [0.5, 0.6) is 0 Å². The van der Waals surface area contributed by atoms with E-state index in [4.69, 9.17) is 4.74 Å². The van der Waals surface area contributed by atoms with E-state index < -0.39 is 0 Å². The zero-order valence-corrected chi connectivity index (χ0v) is 19.9. The van der Waals surface area contributed by atoms with Crippen molar-refractivity contribution in [2.45, 2.75) is 50.0 Å². The number of aromatic amines is 1. The first kappa shape index (κ1) is 22.0. The molecule has 6 rings (SSSR count). The molecular weight excluding hydrogens is 436 g/mol. The predicted octanol–water partition coefficient (Wildman–Crippen LogP) is 4.70. The lowest BCUT2D eigenvalue weighted by Crippen LogP contribution is -2.55. The van der Waals surface area contributed by atoms with Crippen LogP contribution in [-0.2, 0) is 22.5 Å². The number of hydrogen-bond donors (Lipinski definition) is 2. The number of aromatic nitrogens is 2. The number of pyridine rings is 1. The first-order valence-electron chi connectivity index (χ1n) is 12.3. The summed E-state index contributed by atoms with van der Waals surface area (Å²) in [5, 5.41) is 5.00. The molecule has 0 aliphatic carbocycles. The number of benzene rings is 2. The molecule has 0 radical (unpaired) electrons. The highest BCUT2D eigenvalue weighted by Gasteiger charge is 2.48. The van der Waals surface area contributed by atoms with Crippen LogP contribution >= 0.6 is 0 Å². The van der Waals surface area contributed by atoms with Crippen LogP contribution in [0.15, 0.2) is 79.1 Å². The fourth-order valence-electron chi connectivity index (χ4n) is 6.08. The van der Waals surface area contributed by atoms with Crippen molar-refractivity contribution in [1.29, 1.82) is 0 Å². The van der Waals surface area contributed by atoms with E-state index in [9.17, 15) is 4.79 Å². The van der Waals surface area contributed by atoms with Crippen molar-refractivity contribution in [1.82, 2.24) is 20.2 Å². The van der Waals surface area contributed by atoms with Crippen LogP contribution in [0.25, 0.3) is 10.9 Å². The topological polar surface area (TPSA) is 70.2 Å². The predicted molar refractivity (Wildman–Crippen MR) is 136 cm³/mol. The highest BCUT2D eigenvalue weighted by Crippen LogP contribution is 2.48. The van der Waals surface area contributed by atoms with Gasteiger partial charge in [-0.1, -0.05) is 54.6 Å². The molecule has 0 saturated carbocycles. The van der Waals surface area contributed by atoms with Gasteiger partial charge in [-0.2, -0.15) is 0 Å². The third kappa shape index (κ3) is 4.03. The largest absolute Gasteiger partial charge is 0.468 e. The van der Waals surface area contributed by atoms with Crippen molar-refractivity contribution >= 4 is 16.9 Å². The second kappa shape index (κ2) is 9.29. The molecule has 6 nitrogen and oxygen atoms in total. The number of hydrogen-bond acceptors (Lipinski definition) is 5. The maximum atomic E-state index is 13.2. The highest BCUT2D eigenvalue weighted by molar-refractivity contribution is 5.87. The lowest BCUT2D eigenvalue weighted by atomic mass is 9.79. The second-order valence-electron chi connectivity index (χ2n) is 9.61. The van der Waals surface area contributed by atoms with Crippen LogP contribution < -0.4 is 5.32 Å². The molecule has 6 heteroatoms. The summed E-state index contributed by atoms with van der Waals surface area (Å²) in [4.78, 5) is 23.6. The maximum absolute atomic E-state index is 13.2. The van der Waals surface area contributed by atoms with Gasteiger partial charge in [-0.25, -0.2) is 0 Å². The van der Waals surface area contributed by atoms with Gasteiger partial charge in [0.05, 0.1) is 13.2 Å². The molecule has 1 fully saturated rings. The van der Waals surface area contributed by atoms with Crippen LogP contribution in [0, 0.1) is 0 Å². The van der Waals surface area contributed by atoms with Crippen molar-refractivity contribution in [3.05, 3.63) is 102 Å². The molecular formula is C29H30N4O2. The Morgan fingerprint density at radius 2 is 1.86 bits per heavy atom. The number of piperidine rings is 1. The van der Waals surface area contributed by atoms with Crippen LogP contribution in [0.3, 0.4) is 0 Å².